The molecule has 0 aliphatic carbocycles. The fourth-order valence-corrected chi connectivity index (χ4v) is 1.96. The standard InChI is InChI=1S/C15H18F3N5O.ClH/c1-9(2)13-21-12(14(24)20-8-15(17,18)7-19)22-23(13)11-6-4-3-5-10(11)16;/h3-6,9H,7-8,19H2,1-2H3,(H,20,24);1H. The summed E-state index contributed by atoms with van der Waals surface area (Å²) in [5.41, 5.74) is 5.04. The van der Waals surface area contributed by atoms with Gasteiger partial charge in [-0.15, -0.1) is 17.5 Å². The van der Waals surface area contributed by atoms with Crippen molar-refractivity contribution in [2.45, 2.75) is 25.7 Å². The van der Waals surface area contributed by atoms with E-state index < -0.39 is 30.7 Å². The summed E-state index contributed by atoms with van der Waals surface area (Å²) in [7, 11) is 0. The van der Waals surface area contributed by atoms with Crippen molar-refractivity contribution in [1.29, 1.82) is 0 Å². The summed E-state index contributed by atoms with van der Waals surface area (Å²) in [6, 6.07) is 5.88. The summed E-state index contributed by atoms with van der Waals surface area (Å²) in [6.07, 6.45) is 0. The second-order valence-corrected chi connectivity index (χ2v) is 5.55. The third-order valence-electron chi connectivity index (χ3n) is 3.24. The van der Waals surface area contributed by atoms with E-state index in [1.165, 1.54) is 22.9 Å². The lowest BCUT2D eigenvalue weighted by Crippen LogP contribution is -2.41. The summed E-state index contributed by atoms with van der Waals surface area (Å²) in [4.78, 5) is 16.0. The Balaban J connectivity index is 0.00000312. The molecule has 2 rings (SSSR count). The number of benzene rings is 1. The van der Waals surface area contributed by atoms with Gasteiger partial charge in [-0.05, 0) is 12.1 Å². The van der Waals surface area contributed by atoms with E-state index in [4.69, 9.17) is 5.73 Å². The Morgan fingerprint density at radius 1 is 1.36 bits per heavy atom. The number of carbonyl (C=O) groups excluding carboxylic acids is 1. The molecule has 1 aromatic heterocycles. The van der Waals surface area contributed by atoms with E-state index in [1.807, 2.05) is 5.32 Å². The highest BCUT2D eigenvalue weighted by atomic mass is 35.5. The number of rotatable bonds is 6. The minimum Gasteiger partial charge on any atom is -0.343 e. The maximum atomic E-state index is 14.0. The van der Waals surface area contributed by atoms with E-state index in [9.17, 15) is 18.0 Å². The average molecular weight is 378 g/mol. The second kappa shape index (κ2) is 8.30. The molecule has 138 valence electrons. The molecule has 0 fully saturated rings. The van der Waals surface area contributed by atoms with Crippen molar-refractivity contribution in [2.75, 3.05) is 13.1 Å². The summed E-state index contributed by atoms with van der Waals surface area (Å²) >= 11 is 0. The van der Waals surface area contributed by atoms with Crippen molar-refractivity contribution in [3.05, 3.63) is 41.7 Å². The lowest BCUT2D eigenvalue weighted by molar-refractivity contribution is 0.0117. The fraction of sp³-hybridized carbons (Fsp3) is 0.400. The smallest absolute Gasteiger partial charge is 0.291 e. The maximum absolute atomic E-state index is 14.0. The number of nitrogens with one attached hydrogen (secondary N) is 1. The number of amides is 1. The van der Waals surface area contributed by atoms with Gasteiger partial charge < -0.3 is 11.1 Å². The summed E-state index contributed by atoms with van der Waals surface area (Å²) in [5.74, 6) is -4.76. The Kier molecular flexibility index (Phi) is 6.95. The molecule has 1 aromatic carbocycles. The molecule has 0 unspecified atom stereocenters. The van der Waals surface area contributed by atoms with Gasteiger partial charge in [-0.3, -0.25) is 4.79 Å². The second-order valence-electron chi connectivity index (χ2n) is 5.55. The van der Waals surface area contributed by atoms with Gasteiger partial charge in [0.05, 0.1) is 13.1 Å². The molecule has 0 atom stereocenters. The van der Waals surface area contributed by atoms with Gasteiger partial charge in [-0.2, -0.15) is 0 Å². The van der Waals surface area contributed by atoms with Crippen LogP contribution in [-0.2, 0) is 0 Å². The predicted molar refractivity (Wildman–Crippen MR) is 89.0 cm³/mol. The Bertz CT molecular complexity index is 736. The Morgan fingerprint density at radius 3 is 2.56 bits per heavy atom. The van der Waals surface area contributed by atoms with E-state index in [0.717, 1.165) is 0 Å². The first-order valence-electron chi connectivity index (χ1n) is 7.33. The summed E-state index contributed by atoms with van der Waals surface area (Å²) in [5, 5.41) is 6.00. The predicted octanol–water partition coefficient (Wildman–Crippen LogP) is 2.28. The lowest BCUT2D eigenvalue weighted by atomic mass is 10.2. The zero-order chi connectivity index (χ0) is 17.9. The highest BCUT2D eigenvalue weighted by Gasteiger charge is 2.29. The quantitative estimate of drug-likeness (QED) is 0.808. The van der Waals surface area contributed by atoms with Gasteiger partial charge in [0.1, 0.15) is 17.3 Å². The molecular weight excluding hydrogens is 359 g/mol. The fourth-order valence-electron chi connectivity index (χ4n) is 1.96. The number of carbonyl (C=O) groups is 1. The Hall–Kier alpha value is -2.13. The minimum atomic E-state index is -3.22. The number of aromatic nitrogens is 3. The summed E-state index contributed by atoms with van der Waals surface area (Å²) in [6.45, 7) is 1.78. The maximum Gasteiger partial charge on any atom is 0.291 e. The van der Waals surface area contributed by atoms with Crippen molar-refractivity contribution >= 4 is 18.3 Å². The monoisotopic (exact) mass is 377 g/mol. The van der Waals surface area contributed by atoms with Crippen LogP contribution < -0.4 is 11.1 Å². The third-order valence-corrected chi connectivity index (χ3v) is 3.24. The third kappa shape index (κ3) is 4.93. The number of nitrogens with two attached hydrogens (primary N) is 1. The molecule has 10 heteroatoms. The normalized spacial score (nSPS) is 11.3. The molecule has 3 N–H and O–H groups in total. The molecule has 2 aromatic rings. The molecule has 0 aliphatic heterocycles. The number of halogens is 4. The minimum absolute atomic E-state index is 0. The zero-order valence-corrected chi connectivity index (χ0v) is 14.5. The average Bonchev–Trinajstić information content (AvgIpc) is 2.98. The molecule has 0 spiro atoms. The molecule has 6 nitrogen and oxygen atoms in total. The van der Waals surface area contributed by atoms with Crippen LogP contribution in [0.3, 0.4) is 0 Å². The number of alkyl halides is 2. The Labute approximate surface area is 149 Å². The number of hydrogen-bond donors (Lipinski definition) is 2. The molecule has 1 heterocycles. The van der Waals surface area contributed by atoms with Crippen LogP contribution >= 0.6 is 12.4 Å². The van der Waals surface area contributed by atoms with Crippen molar-refractivity contribution < 1.29 is 18.0 Å². The van der Waals surface area contributed by atoms with Gasteiger partial charge in [0, 0.05) is 5.92 Å². The van der Waals surface area contributed by atoms with Crippen molar-refractivity contribution in [1.82, 2.24) is 20.1 Å². The van der Waals surface area contributed by atoms with Gasteiger partial charge in [-0.1, -0.05) is 26.0 Å². The first kappa shape index (κ1) is 20.9. The van der Waals surface area contributed by atoms with Crippen LogP contribution in [0.1, 0.15) is 36.2 Å². The van der Waals surface area contributed by atoms with Crippen molar-refractivity contribution in [3.8, 4) is 5.69 Å². The Morgan fingerprint density at radius 2 is 2.00 bits per heavy atom. The van der Waals surface area contributed by atoms with Crippen LogP contribution in [0.5, 0.6) is 0 Å². The zero-order valence-electron chi connectivity index (χ0n) is 13.7. The van der Waals surface area contributed by atoms with Gasteiger partial charge in [-0.25, -0.2) is 22.8 Å². The molecule has 0 saturated carbocycles. The van der Waals surface area contributed by atoms with E-state index in [-0.39, 0.29) is 29.8 Å². The van der Waals surface area contributed by atoms with E-state index >= 15 is 0 Å². The topological polar surface area (TPSA) is 85.8 Å². The van der Waals surface area contributed by atoms with Gasteiger partial charge in [0.2, 0.25) is 5.82 Å². The molecule has 0 radical (unpaired) electrons. The van der Waals surface area contributed by atoms with E-state index in [0.29, 0.717) is 5.82 Å². The largest absolute Gasteiger partial charge is 0.343 e. The summed E-state index contributed by atoms with van der Waals surface area (Å²) < 4.78 is 41.4. The first-order chi connectivity index (χ1) is 11.2. The van der Waals surface area contributed by atoms with Crippen LogP contribution in [0.25, 0.3) is 5.69 Å². The van der Waals surface area contributed by atoms with Crippen LogP contribution in [0.15, 0.2) is 24.3 Å². The van der Waals surface area contributed by atoms with E-state index in [2.05, 4.69) is 10.1 Å². The molecule has 0 saturated heterocycles. The molecule has 0 aliphatic rings. The van der Waals surface area contributed by atoms with Crippen LogP contribution in [0, 0.1) is 5.82 Å². The van der Waals surface area contributed by atoms with Crippen molar-refractivity contribution in [2.24, 2.45) is 5.73 Å². The van der Waals surface area contributed by atoms with E-state index in [1.54, 1.807) is 19.9 Å². The van der Waals surface area contributed by atoms with Crippen LogP contribution in [0.2, 0.25) is 0 Å². The molecule has 25 heavy (non-hydrogen) atoms. The molecule has 1 amide bonds. The SMILES string of the molecule is CC(C)c1nc(C(=O)NCC(F)(F)CN)nn1-c1ccccc1F.Cl. The highest BCUT2D eigenvalue weighted by Crippen LogP contribution is 2.19. The first-order valence-corrected chi connectivity index (χ1v) is 7.33. The lowest BCUT2D eigenvalue weighted by Gasteiger charge is -2.13. The highest BCUT2D eigenvalue weighted by molar-refractivity contribution is 5.90. The van der Waals surface area contributed by atoms with Gasteiger partial charge in [0.25, 0.3) is 11.8 Å². The number of para-hydroxylation sites is 1. The van der Waals surface area contributed by atoms with Crippen LogP contribution in [0.4, 0.5) is 13.2 Å². The number of hydrogen-bond acceptors (Lipinski definition) is 4. The van der Waals surface area contributed by atoms with Gasteiger partial charge >= 0.3 is 0 Å². The van der Waals surface area contributed by atoms with Gasteiger partial charge in [0.15, 0.2) is 0 Å². The number of nitrogens with zero attached hydrogens (tertiary/aromatic N) is 3. The molecule has 0 bridgehead atoms. The van der Waals surface area contributed by atoms with Crippen LogP contribution in [-0.4, -0.2) is 39.7 Å². The molecular formula is C15H19ClF3N5O. The van der Waals surface area contributed by atoms with Crippen molar-refractivity contribution in [3.63, 3.8) is 0 Å².